The molecule has 17 nitrogen and oxygen atoms in total. The van der Waals surface area contributed by atoms with Crippen molar-refractivity contribution in [2.24, 2.45) is 29.4 Å². The molecule has 6 atom stereocenters. The van der Waals surface area contributed by atoms with Crippen molar-refractivity contribution in [2.75, 3.05) is 58.3 Å². The lowest BCUT2D eigenvalue weighted by molar-refractivity contribution is -0.181. The van der Waals surface area contributed by atoms with Gasteiger partial charge in [-0.3, -0.25) is 38.6 Å². The molecular formula is C38H44FN5O12. The van der Waals surface area contributed by atoms with Crippen LogP contribution in [0.15, 0.2) is 30.3 Å². The van der Waals surface area contributed by atoms with E-state index in [0.29, 0.717) is 24.1 Å². The van der Waals surface area contributed by atoms with Crippen LogP contribution in [0, 0.1) is 29.5 Å². The van der Waals surface area contributed by atoms with Gasteiger partial charge in [0.15, 0.2) is 34.7 Å². The molecule has 2 saturated carbocycles. The van der Waals surface area contributed by atoms with Gasteiger partial charge >= 0.3 is 12.1 Å². The van der Waals surface area contributed by atoms with Crippen molar-refractivity contribution < 1.29 is 62.4 Å². The van der Waals surface area contributed by atoms with Crippen molar-refractivity contribution in [3.05, 3.63) is 52.8 Å². The number of Topliss-reactive ketones (excluding diaryl/α,β-unsaturated/α-hetero) is 4. The number of rotatable bonds is 12. The molecule has 2 aromatic carbocycles. The summed E-state index contributed by atoms with van der Waals surface area (Å²) in [5.41, 5.74) is 2.63. The number of ether oxygens (including phenoxy) is 2. The number of phenolic OH excluding ortho intramolecular Hbond substituents is 1. The number of carbonyl (C=O) groups is 8. The minimum absolute atomic E-state index is 0.00348. The monoisotopic (exact) mass is 781 g/mol. The van der Waals surface area contributed by atoms with Crippen LogP contribution >= 0.6 is 0 Å². The van der Waals surface area contributed by atoms with Gasteiger partial charge in [-0.05, 0) is 75.2 Å². The van der Waals surface area contributed by atoms with Crippen molar-refractivity contribution >= 4 is 58.4 Å². The van der Waals surface area contributed by atoms with Crippen LogP contribution in [-0.4, -0.2) is 127 Å². The Balaban J connectivity index is 1.39. The first-order valence-corrected chi connectivity index (χ1v) is 17.9. The second kappa shape index (κ2) is 16.2. The summed E-state index contributed by atoms with van der Waals surface area (Å²) in [5, 5.41) is 25.9. The highest BCUT2D eigenvalue weighted by atomic mass is 19.1. The second-order valence-electron chi connectivity index (χ2n) is 14.6. The number of nitrogens with zero attached hydrogens (tertiary/aromatic N) is 3. The first-order valence-electron chi connectivity index (χ1n) is 17.9. The van der Waals surface area contributed by atoms with E-state index in [0.717, 1.165) is 17.0 Å². The molecule has 3 amide bonds. The quantitative estimate of drug-likeness (QED) is 0.102. The third kappa shape index (κ3) is 7.45. The molecule has 5 N–H and O–H groups in total. The van der Waals surface area contributed by atoms with Crippen LogP contribution in [0.4, 0.5) is 20.6 Å². The molecule has 2 aromatic rings. The molecule has 2 unspecified atom stereocenters. The van der Waals surface area contributed by atoms with Crippen LogP contribution < -0.4 is 16.0 Å². The molecule has 5 rings (SSSR count). The summed E-state index contributed by atoms with van der Waals surface area (Å²) in [6.45, 7) is 0.493. The summed E-state index contributed by atoms with van der Waals surface area (Å²) in [7, 11) is 6.28. The van der Waals surface area contributed by atoms with E-state index in [1.165, 1.54) is 37.2 Å². The third-order valence-electron chi connectivity index (χ3n) is 10.6. The smallest absolute Gasteiger partial charge is 0.413 e. The number of aliphatic hydroxyl groups is 1. The van der Waals surface area contributed by atoms with Crippen molar-refractivity contribution in [1.82, 2.24) is 9.80 Å². The Bertz CT molecular complexity index is 1990. The summed E-state index contributed by atoms with van der Waals surface area (Å²) >= 11 is 0. The number of hydrogen-bond donors (Lipinski definition) is 4. The van der Waals surface area contributed by atoms with Crippen LogP contribution in [-0.2, 0) is 39.9 Å². The lowest BCUT2D eigenvalue weighted by Crippen LogP contribution is -2.74. The molecule has 300 valence electrons. The van der Waals surface area contributed by atoms with E-state index in [1.54, 1.807) is 19.0 Å². The fourth-order valence-electron chi connectivity index (χ4n) is 7.99. The fraction of sp³-hybridized carbons (Fsp3) is 0.474. The van der Waals surface area contributed by atoms with Crippen molar-refractivity contribution in [3.63, 3.8) is 0 Å². The van der Waals surface area contributed by atoms with Gasteiger partial charge in [-0.1, -0.05) is 13.3 Å². The maximum absolute atomic E-state index is 14.3. The minimum Gasteiger partial charge on any atom is -0.505 e. The summed E-state index contributed by atoms with van der Waals surface area (Å²) in [6.07, 6.45) is -0.0553. The Labute approximate surface area is 320 Å². The maximum atomic E-state index is 14.3. The van der Waals surface area contributed by atoms with E-state index < -0.39 is 107 Å². The van der Waals surface area contributed by atoms with Crippen molar-refractivity contribution in [1.29, 1.82) is 0 Å². The Kier molecular flexibility index (Phi) is 11.9. The van der Waals surface area contributed by atoms with Gasteiger partial charge in [-0.2, -0.15) is 0 Å². The molecule has 18 heteroatoms. The van der Waals surface area contributed by atoms with Gasteiger partial charge in [0.1, 0.15) is 18.1 Å². The zero-order valence-corrected chi connectivity index (χ0v) is 31.5. The van der Waals surface area contributed by atoms with E-state index in [-0.39, 0.29) is 36.2 Å². The van der Waals surface area contributed by atoms with Crippen LogP contribution in [0.1, 0.15) is 52.5 Å². The molecule has 3 aliphatic rings. The Morgan fingerprint density at radius 3 is 2.27 bits per heavy atom. The van der Waals surface area contributed by atoms with E-state index in [2.05, 4.69) is 5.32 Å². The standard InChI is InChI=1S/C38H44FN5O12/c1-6-7-12-44(37(53)56-17-55-36(52)18-8-10-20(39)11-9-18)16-25(45)41-23-15-24(42(2)3)21-13-19-14-22-29(43(4)5)32(48)28(35(40)51)34(50)38(22,54)33(49)26(19)31(47)27(21)30(23)46/h8-11,15,19,22,26,28-29,46,54H,6-7,12-14,16-17H2,1-5H3,(H2,40,51)(H,41,45)/t19-,22-,26?,28?,29-,38-/m0/s1. The predicted molar refractivity (Wildman–Crippen MR) is 194 cm³/mol. The number of nitrogens with two attached hydrogens (primary N) is 1. The number of carbonyl (C=O) groups excluding carboxylic acids is 8. The van der Waals surface area contributed by atoms with Crippen LogP contribution in [0.25, 0.3) is 0 Å². The number of amides is 3. The van der Waals surface area contributed by atoms with E-state index in [9.17, 15) is 53.0 Å². The fourth-order valence-corrected chi connectivity index (χ4v) is 7.99. The van der Waals surface area contributed by atoms with Crippen LogP contribution in [0.2, 0.25) is 0 Å². The number of aromatic hydroxyl groups is 1. The summed E-state index contributed by atoms with van der Waals surface area (Å²) in [5.74, 6) is -14.6. The zero-order chi connectivity index (χ0) is 41.4. The number of anilines is 2. The first-order chi connectivity index (χ1) is 26.3. The number of esters is 1. The van der Waals surface area contributed by atoms with Crippen LogP contribution in [0.5, 0.6) is 5.75 Å². The number of primary amides is 1. The number of fused-ring (bicyclic) bond motifs is 3. The van der Waals surface area contributed by atoms with Gasteiger partial charge in [0.25, 0.3) is 0 Å². The topological polar surface area (TPSA) is 243 Å². The molecule has 0 bridgehead atoms. The Morgan fingerprint density at radius 1 is 1.02 bits per heavy atom. The number of ketones is 4. The van der Waals surface area contributed by atoms with Gasteiger partial charge in [0.05, 0.1) is 28.8 Å². The number of halogens is 1. The highest BCUT2D eigenvalue weighted by Crippen LogP contribution is 2.52. The summed E-state index contributed by atoms with van der Waals surface area (Å²) in [6, 6.07) is 4.66. The van der Waals surface area contributed by atoms with E-state index >= 15 is 0 Å². The molecular weight excluding hydrogens is 737 g/mol. The lowest BCUT2D eigenvalue weighted by atomic mass is 9.52. The SMILES string of the molecule is CCCCN(CC(=O)Nc1cc(N(C)C)c2c(c1O)C(=O)C1C(=O)[C@]3(O)C(=O)C(C(N)=O)C(=O)[C@@H](N(C)C)[C@@H]3C[C@@H]1C2)C(=O)OCOC(=O)c1ccc(F)cc1. The molecule has 0 aromatic heterocycles. The average Bonchev–Trinajstić information content (AvgIpc) is 3.12. The maximum Gasteiger partial charge on any atom is 0.413 e. The van der Waals surface area contributed by atoms with Gasteiger partial charge in [-0.15, -0.1) is 0 Å². The van der Waals surface area contributed by atoms with Gasteiger partial charge in [0, 0.05) is 32.2 Å². The van der Waals surface area contributed by atoms with Gasteiger partial charge in [-0.25, -0.2) is 14.0 Å². The number of unbranched alkanes of at least 4 members (excludes halogenated alkanes) is 1. The Hall–Kier alpha value is -5.75. The van der Waals surface area contributed by atoms with Crippen LogP contribution in [0.3, 0.4) is 0 Å². The molecule has 0 aliphatic heterocycles. The molecule has 2 fully saturated rings. The summed E-state index contributed by atoms with van der Waals surface area (Å²) < 4.78 is 23.2. The zero-order valence-electron chi connectivity index (χ0n) is 31.5. The minimum atomic E-state index is -2.90. The molecule has 56 heavy (non-hydrogen) atoms. The van der Waals surface area contributed by atoms with E-state index in [1.807, 2.05) is 6.92 Å². The number of hydrogen-bond acceptors (Lipinski definition) is 14. The first kappa shape index (κ1) is 41.4. The van der Waals surface area contributed by atoms with Crippen molar-refractivity contribution in [3.8, 4) is 5.75 Å². The van der Waals surface area contributed by atoms with E-state index in [4.69, 9.17) is 15.2 Å². The highest BCUT2D eigenvalue weighted by molar-refractivity contribution is 6.32. The normalized spacial score (nSPS) is 24.1. The lowest BCUT2D eigenvalue weighted by Gasteiger charge is -2.52. The number of benzene rings is 2. The molecule has 0 heterocycles. The predicted octanol–water partition coefficient (Wildman–Crippen LogP) is 1.06. The van der Waals surface area contributed by atoms with Crippen molar-refractivity contribution in [2.45, 2.75) is 44.2 Å². The highest BCUT2D eigenvalue weighted by Gasteiger charge is 2.69. The molecule has 0 spiro atoms. The third-order valence-corrected chi connectivity index (χ3v) is 10.6. The second-order valence-corrected chi connectivity index (χ2v) is 14.6. The van der Waals surface area contributed by atoms with Gasteiger partial charge in [0.2, 0.25) is 18.6 Å². The molecule has 0 radical (unpaired) electrons. The van der Waals surface area contributed by atoms with Gasteiger partial charge < -0.3 is 35.6 Å². The molecule has 0 saturated heterocycles. The number of phenols is 1. The summed E-state index contributed by atoms with van der Waals surface area (Å²) in [4.78, 5) is 110. The molecule has 3 aliphatic carbocycles. The number of nitrogens with one attached hydrogen (secondary N) is 1. The largest absolute Gasteiger partial charge is 0.505 e. The number of likely N-dealkylation sites (N-methyl/N-ethyl adjacent to an activating group) is 1. The average molecular weight is 782 g/mol. The Morgan fingerprint density at radius 2 is 1.68 bits per heavy atom.